The molecule has 3 amide bonds. The van der Waals surface area contributed by atoms with Crippen LogP contribution in [-0.4, -0.2) is 31.2 Å². The molecule has 1 aromatic heterocycles. The fourth-order valence-corrected chi connectivity index (χ4v) is 2.18. The van der Waals surface area contributed by atoms with E-state index in [0.29, 0.717) is 5.76 Å². The zero-order chi connectivity index (χ0) is 17.4. The first-order valence-corrected chi connectivity index (χ1v) is 7.61. The highest BCUT2D eigenvalue weighted by atomic mass is 19.1. The van der Waals surface area contributed by atoms with Crippen molar-refractivity contribution in [1.29, 1.82) is 0 Å². The molecule has 2 unspecified atom stereocenters. The minimum atomic E-state index is -0.787. The number of urea groups is 1. The maximum Gasteiger partial charge on any atom is 0.316 e. The van der Waals surface area contributed by atoms with Crippen LogP contribution in [0.2, 0.25) is 0 Å². The summed E-state index contributed by atoms with van der Waals surface area (Å²) in [6.45, 7) is 0.794. The van der Waals surface area contributed by atoms with Gasteiger partial charge in [-0.25, -0.2) is 9.18 Å². The predicted octanol–water partition coefficient (Wildman–Crippen LogP) is 2.14. The van der Waals surface area contributed by atoms with Gasteiger partial charge in [0.05, 0.1) is 6.26 Å². The van der Waals surface area contributed by atoms with Crippen LogP contribution >= 0.6 is 0 Å². The molecule has 0 fully saturated rings. The van der Waals surface area contributed by atoms with Crippen molar-refractivity contribution in [2.75, 3.05) is 13.2 Å². The number of carbonyl (C=O) groups excluding carboxylic acids is 2. The topological polar surface area (TPSA) is 83.4 Å². The molecule has 0 saturated carbocycles. The molecular formula is C17H20FN3O3. The first kappa shape index (κ1) is 17.5. The third-order valence-corrected chi connectivity index (χ3v) is 3.37. The van der Waals surface area contributed by atoms with Gasteiger partial charge in [-0.15, -0.1) is 0 Å². The molecule has 0 radical (unpaired) electrons. The Morgan fingerprint density at radius 1 is 1.12 bits per heavy atom. The lowest BCUT2D eigenvalue weighted by atomic mass is 10.0. The monoisotopic (exact) mass is 333 g/mol. The van der Waals surface area contributed by atoms with Crippen molar-refractivity contribution < 1.29 is 18.4 Å². The molecule has 2 rings (SSSR count). The third kappa shape index (κ3) is 4.84. The lowest BCUT2D eigenvalue weighted by Crippen LogP contribution is -2.49. The number of amides is 3. The van der Waals surface area contributed by atoms with Crippen LogP contribution in [0.15, 0.2) is 53.1 Å². The molecule has 3 N–H and O–H groups in total. The normalized spacial score (nSPS) is 12.9. The maximum absolute atomic E-state index is 12.2. The highest BCUT2D eigenvalue weighted by molar-refractivity contribution is 5.86. The molecule has 128 valence electrons. The number of benzene rings is 1. The van der Waals surface area contributed by atoms with E-state index in [-0.39, 0.29) is 6.54 Å². The molecular weight excluding hydrogens is 313 g/mol. The van der Waals surface area contributed by atoms with Crippen molar-refractivity contribution in [3.05, 3.63) is 60.1 Å². The predicted molar refractivity (Wildman–Crippen MR) is 87.1 cm³/mol. The summed E-state index contributed by atoms with van der Waals surface area (Å²) in [6.07, 6.45) is 1.53. The lowest BCUT2D eigenvalue weighted by molar-refractivity contribution is -0.122. The Labute approximate surface area is 139 Å². The fraction of sp³-hybridized carbons (Fsp3) is 0.294. The number of furan rings is 1. The van der Waals surface area contributed by atoms with Crippen molar-refractivity contribution in [2.45, 2.75) is 19.0 Å². The van der Waals surface area contributed by atoms with Crippen LogP contribution in [0.4, 0.5) is 9.18 Å². The van der Waals surface area contributed by atoms with Gasteiger partial charge in [-0.1, -0.05) is 30.3 Å². The van der Waals surface area contributed by atoms with E-state index in [1.54, 1.807) is 12.1 Å². The van der Waals surface area contributed by atoms with E-state index in [2.05, 4.69) is 16.0 Å². The third-order valence-electron chi connectivity index (χ3n) is 3.37. The van der Waals surface area contributed by atoms with E-state index in [1.165, 1.54) is 13.2 Å². The minimum absolute atomic E-state index is 0.0779. The standard InChI is InChI=1S/C17H20FN3O3/c1-12(16(22)19-10-9-18)20-17(23)21-15(14-8-5-11-24-14)13-6-3-2-4-7-13/h2-8,11-12,15H,9-10H2,1H3,(H,19,22)(H2,20,21,23). The number of halogens is 1. The SMILES string of the molecule is CC(NC(=O)NC(c1ccccc1)c1ccco1)C(=O)NCCF. The maximum atomic E-state index is 12.2. The van der Waals surface area contributed by atoms with Crippen LogP contribution in [0, 0.1) is 0 Å². The molecule has 0 spiro atoms. The molecule has 2 aromatic rings. The second-order valence-corrected chi connectivity index (χ2v) is 5.18. The van der Waals surface area contributed by atoms with Crippen molar-refractivity contribution in [3.8, 4) is 0 Å². The van der Waals surface area contributed by atoms with Crippen LogP contribution in [0.25, 0.3) is 0 Å². The Morgan fingerprint density at radius 2 is 1.88 bits per heavy atom. The molecule has 1 aromatic carbocycles. The van der Waals surface area contributed by atoms with Crippen molar-refractivity contribution in [1.82, 2.24) is 16.0 Å². The molecule has 7 heteroatoms. The van der Waals surface area contributed by atoms with E-state index in [4.69, 9.17) is 4.42 Å². The summed E-state index contributed by atoms with van der Waals surface area (Å²) in [7, 11) is 0. The highest BCUT2D eigenvalue weighted by Gasteiger charge is 2.21. The summed E-state index contributed by atoms with van der Waals surface area (Å²) >= 11 is 0. The van der Waals surface area contributed by atoms with Crippen LogP contribution < -0.4 is 16.0 Å². The Bertz CT molecular complexity index is 646. The first-order chi connectivity index (χ1) is 11.6. The van der Waals surface area contributed by atoms with Crippen molar-refractivity contribution in [3.63, 3.8) is 0 Å². The van der Waals surface area contributed by atoms with E-state index in [1.807, 2.05) is 30.3 Å². The van der Waals surface area contributed by atoms with Gasteiger partial charge in [-0.05, 0) is 24.6 Å². The summed E-state index contributed by atoms with van der Waals surface area (Å²) in [4.78, 5) is 23.9. The van der Waals surface area contributed by atoms with E-state index in [0.717, 1.165) is 5.56 Å². The van der Waals surface area contributed by atoms with Crippen LogP contribution in [0.1, 0.15) is 24.3 Å². The van der Waals surface area contributed by atoms with Crippen molar-refractivity contribution in [2.24, 2.45) is 0 Å². The smallest absolute Gasteiger partial charge is 0.316 e. The average molecular weight is 333 g/mol. The van der Waals surface area contributed by atoms with E-state index < -0.39 is 30.7 Å². The summed E-state index contributed by atoms with van der Waals surface area (Å²) < 4.78 is 17.5. The second-order valence-electron chi connectivity index (χ2n) is 5.18. The Hall–Kier alpha value is -2.83. The zero-order valence-corrected chi connectivity index (χ0v) is 13.3. The average Bonchev–Trinajstić information content (AvgIpc) is 3.12. The van der Waals surface area contributed by atoms with Gasteiger partial charge in [0.15, 0.2) is 0 Å². The number of rotatable bonds is 7. The highest BCUT2D eigenvalue weighted by Crippen LogP contribution is 2.22. The first-order valence-electron chi connectivity index (χ1n) is 7.61. The minimum Gasteiger partial charge on any atom is -0.467 e. The van der Waals surface area contributed by atoms with E-state index in [9.17, 15) is 14.0 Å². The summed E-state index contributed by atoms with van der Waals surface area (Å²) in [5.41, 5.74) is 0.845. The Kier molecular flexibility index (Phi) is 6.36. The summed E-state index contributed by atoms with van der Waals surface area (Å²) in [5, 5.41) is 7.68. The van der Waals surface area contributed by atoms with Crippen LogP contribution in [0.3, 0.4) is 0 Å². The van der Waals surface area contributed by atoms with Gasteiger partial charge in [-0.3, -0.25) is 4.79 Å². The molecule has 1 heterocycles. The second kappa shape index (κ2) is 8.71. The van der Waals surface area contributed by atoms with Crippen LogP contribution in [-0.2, 0) is 4.79 Å². The van der Waals surface area contributed by atoms with Gasteiger partial charge >= 0.3 is 6.03 Å². The molecule has 2 atom stereocenters. The largest absolute Gasteiger partial charge is 0.467 e. The zero-order valence-electron chi connectivity index (χ0n) is 13.3. The number of hydrogen-bond acceptors (Lipinski definition) is 3. The van der Waals surface area contributed by atoms with Gasteiger partial charge in [0.25, 0.3) is 0 Å². The molecule has 24 heavy (non-hydrogen) atoms. The number of hydrogen-bond donors (Lipinski definition) is 3. The Balaban J connectivity index is 2.02. The molecule has 0 aliphatic carbocycles. The summed E-state index contributed by atoms with van der Waals surface area (Å²) in [5.74, 6) is 0.128. The van der Waals surface area contributed by atoms with Crippen LogP contribution in [0.5, 0.6) is 0 Å². The van der Waals surface area contributed by atoms with E-state index >= 15 is 0 Å². The molecule has 0 aliphatic rings. The van der Waals surface area contributed by atoms with Gasteiger partial charge in [0.2, 0.25) is 5.91 Å². The quantitative estimate of drug-likeness (QED) is 0.726. The number of nitrogens with one attached hydrogen (secondary N) is 3. The molecule has 0 bridgehead atoms. The number of alkyl halides is 1. The Morgan fingerprint density at radius 3 is 2.50 bits per heavy atom. The van der Waals surface area contributed by atoms with Gasteiger partial charge < -0.3 is 20.4 Å². The summed E-state index contributed by atoms with van der Waals surface area (Å²) in [6, 6.07) is 11.0. The molecule has 0 saturated heterocycles. The van der Waals surface area contributed by atoms with Gasteiger partial charge in [0.1, 0.15) is 24.5 Å². The fourth-order valence-electron chi connectivity index (χ4n) is 2.18. The number of carbonyl (C=O) groups is 2. The lowest BCUT2D eigenvalue weighted by Gasteiger charge is -2.20. The van der Waals surface area contributed by atoms with Gasteiger partial charge in [0, 0.05) is 6.54 Å². The molecule has 0 aliphatic heterocycles. The molecule has 6 nitrogen and oxygen atoms in total. The van der Waals surface area contributed by atoms with Crippen molar-refractivity contribution >= 4 is 11.9 Å². The van der Waals surface area contributed by atoms with Gasteiger partial charge in [-0.2, -0.15) is 0 Å².